The summed E-state index contributed by atoms with van der Waals surface area (Å²) in [5, 5.41) is 10.7. The van der Waals surface area contributed by atoms with Gasteiger partial charge in [-0.15, -0.1) is 0 Å². The normalized spacial score (nSPS) is 16.9. The first-order chi connectivity index (χ1) is 9.04. The van der Waals surface area contributed by atoms with Gasteiger partial charge in [0.05, 0.1) is 4.92 Å². The first kappa shape index (κ1) is 13.2. The van der Waals surface area contributed by atoms with Gasteiger partial charge in [-0.3, -0.25) is 19.7 Å². The first-order valence-electron chi connectivity index (χ1n) is 6.07. The summed E-state index contributed by atoms with van der Waals surface area (Å²) in [5.41, 5.74) is 0.158. The fourth-order valence-electron chi connectivity index (χ4n) is 2.06. The Labute approximate surface area is 109 Å². The van der Waals surface area contributed by atoms with Crippen LogP contribution in [0.25, 0.3) is 0 Å². The number of ether oxygens (including phenoxy) is 1. The summed E-state index contributed by atoms with van der Waals surface area (Å²) in [6.07, 6.45) is 1.81. The van der Waals surface area contributed by atoms with Gasteiger partial charge in [-0.1, -0.05) is 13.3 Å². The van der Waals surface area contributed by atoms with Crippen LogP contribution in [0.4, 0.5) is 5.69 Å². The molecule has 0 aliphatic carbocycles. The summed E-state index contributed by atoms with van der Waals surface area (Å²) in [6.45, 7) is 1.94. The number of hydrogen-bond donors (Lipinski definition) is 0. The summed E-state index contributed by atoms with van der Waals surface area (Å²) in [5.74, 6) is -1.66. The van der Waals surface area contributed by atoms with Gasteiger partial charge >= 0.3 is 5.97 Å². The fraction of sp³-hybridized carbons (Fsp3) is 0.385. The second-order valence-electron chi connectivity index (χ2n) is 4.40. The molecule has 0 saturated heterocycles. The first-order valence-corrected chi connectivity index (χ1v) is 6.07. The maximum Gasteiger partial charge on any atom is 0.326 e. The largest absolute Gasteiger partial charge is 0.425 e. The smallest absolute Gasteiger partial charge is 0.326 e. The van der Waals surface area contributed by atoms with Gasteiger partial charge in [-0.2, -0.15) is 0 Å². The second kappa shape index (κ2) is 5.17. The number of rotatable bonds is 5. The van der Waals surface area contributed by atoms with E-state index in [0.717, 1.165) is 6.42 Å². The molecule has 0 saturated carbocycles. The topological polar surface area (TPSA) is 86.5 Å². The van der Waals surface area contributed by atoms with Gasteiger partial charge in [-0.25, -0.2) is 0 Å². The van der Waals surface area contributed by atoms with E-state index < -0.39 is 16.8 Å². The Morgan fingerprint density at radius 1 is 1.47 bits per heavy atom. The van der Waals surface area contributed by atoms with Crippen molar-refractivity contribution in [1.29, 1.82) is 0 Å². The quantitative estimate of drug-likeness (QED) is 0.267. The molecule has 1 aliphatic heterocycles. The molecule has 1 aromatic carbocycles. The standard InChI is InChI=1S/C13H13NO5/c1-2-3-4-10(15)12-9-7-8(14(17)18)5-6-11(9)19-13(12)16/h5-7,12H,2-4H2,1H3. The number of carbonyl (C=O) groups is 2. The Balaban J connectivity index is 2.33. The summed E-state index contributed by atoms with van der Waals surface area (Å²) in [7, 11) is 0. The van der Waals surface area contributed by atoms with E-state index in [1.165, 1.54) is 18.2 Å². The van der Waals surface area contributed by atoms with Crippen LogP contribution in [-0.4, -0.2) is 16.7 Å². The summed E-state index contributed by atoms with van der Waals surface area (Å²) >= 11 is 0. The van der Waals surface area contributed by atoms with Crippen LogP contribution in [0.1, 0.15) is 37.7 Å². The van der Waals surface area contributed by atoms with Crippen molar-refractivity contribution in [2.75, 3.05) is 0 Å². The molecule has 100 valence electrons. The van der Waals surface area contributed by atoms with Crippen molar-refractivity contribution < 1.29 is 19.2 Å². The minimum atomic E-state index is -1.01. The number of Topliss-reactive ketones (excluding diaryl/α,β-unsaturated/α-hetero) is 1. The Hall–Kier alpha value is -2.24. The van der Waals surface area contributed by atoms with Crippen LogP contribution in [0, 0.1) is 10.1 Å². The van der Waals surface area contributed by atoms with Gasteiger partial charge in [-0.05, 0) is 12.5 Å². The third-order valence-electron chi connectivity index (χ3n) is 3.06. The van der Waals surface area contributed by atoms with Crippen LogP contribution in [0.5, 0.6) is 5.75 Å². The van der Waals surface area contributed by atoms with E-state index >= 15 is 0 Å². The molecule has 0 aromatic heterocycles. The van der Waals surface area contributed by atoms with Gasteiger partial charge in [0.25, 0.3) is 5.69 Å². The van der Waals surface area contributed by atoms with Gasteiger partial charge in [0.2, 0.25) is 0 Å². The van der Waals surface area contributed by atoms with Crippen molar-refractivity contribution in [2.24, 2.45) is 0 Å². The lowest BCUT2D eigenvalue weighted by atomic mass is 9.93. The van der Waals surface area contributed by atoms with E-state index in [1.807, 2.05) is 6.92 Å². The van der Waals surface area contributed by atoms with E-state index in [9.17, 15) is 19.7 Å². The maximum absolute atomic E-state index is 12.0. The number of unbranched alkanes of at least 4 members (excludes halogenated alkanes) is 1. The Morgan fingerprint density at radius 3 is 2.84 bits per heavy atom. The molecule has 0 N–H and O–H groups in total. The van der Waals surface area contributed by atoms with Crippen LogP contribution in [0.15, 0.2) is 18.2 Å². The average Bonchev–Trinajstić information content (AvgIpc) is 2.70. The lowest BCUT2D eigenvalue weighted by molar-refractivity contribution is -0.384. The summed E-state index contributed by atoms with van der Waals surface area (Å²) < 4.78 is 4.97. The minimum absolute atomic E-state index is 0.148. The fourth-order valence-corrected chi connectivity index (χ4v) is 2.06. The molecule has 1 unspecified atom stereocenters. The van der Waals surface area contributed by atoms with E-state index in [0.29, 0.717) is 12.0 Å². The van der Waals surface area contributed by atoms with Gasteiger partial charge in [0, 0.05) is 24.1 Å². The number of nitro groups is 1. The van der Waals surface area contributed by atoms with Crippen LogP contribution in [-0.2, 0) is 9.59 Å². The predicted octanol–water partition coefficient (Wildman–Crippen LogP) is 2.36. The van der Waals surface area contributed by atoms with Crippen LogP contribution < -0.4 is 4.74 Å². The third-order valence-corrected chi connectivity index (χ3v) is 3.06. The molecule has 19 heavy (non-hydrogen) atoms. The van der Waals surface area contributed by atoms with Crippen molar-refractivity contribution in [3.8, 4) is 5.75 Å². The van der Waals surface area contributed by atoms with Gasteiger partial charge in [0.15, 0.2) is 5.78 Å². The Bertz CT molecular complexity index is 552. The Kier molecular flexibility index (Phi) is 3.59. The number of nitrogens with zero attached hydrogens (tertiary/aromatic N) is 1. The summed E-state index contributed by atoms with van der Waals surface area (Å²) in [4.78, 5) is 33.9. The molecule has 6 heteroatoms. The zero-order valence-electron chi connectivity index (χ0n) is 10.4. The van der Waals surface area contributed by atoms with Crippen LogP contribution in [0.3, 0.4) is 0 Å². The Morgan fingerprint density at radius 2 is 2.21 bits per heavy atom. The van der Waals surface area contributed by atoms with Gasteiger partial charge in [0.1, 0.15) is 11.7 Å². The highest BCUT2D eigenvalue weighted by Crippen LogP contribution is 2.38. The number of nitro benzene ring substituents is 1. The molecule has 0 spiro atoms. The SMILES string of the molecule is CCCCC(=O)C1C(=O)Oc2ccc([N+](=O)[O-])cc21. The summed E-state index contributed by atoms with van der Waals surface area (Å²) in [6, 6.07) is 3.86. The number of ketones is 1. The molecule has 1 aromatic rings. The van der Waals surface area contributed by atoms with Crippen molar-refractivity contribution in [3.05, 3.63) is 33.9 Å². The third kappa shape index (κ3) is 2.47. The van der Waals surface area contributed by atoms with Gasteiger partial charge < -0.3 is 4.74 Å². The zero-order chi connectivity index (χ0) is 14.0. The maximum atomic E-state index is 12.0. The number of esters is 1. The molecule has 1 aliphatic rings. The predicted molar refractivity (Wildman–Crippen MR) is 66.0 cm³/mol. The highest BCUT2D eigenvalue weighted by atomic mass is 16.6. The van der Waals surface area contributed by atoms with Crippen LogP contribution >= 0.6 is 0 Å². The molecule has 2 rings (SSSR count). The number of non-ortho nitro benzene ring substituents is 1. The highest BCUT2D eigenvalue weighted by Gasteiger charge is 2.39. The number of hydrogen-bond acceptors (Lipinski definition) is 5. The zero-order valence-corrected chi connectivity index (χ0v) is 10.4. The molecule has 1 heterocycles. The van der Waals surface area contributed by atoms with Crippen molar-refractivity contribution in [3.63, 3.8) is 0 Å². The number of benzene rings is 1. The van der Waals surface area contributed by atoms with E-state index in [4.69, 9.17) is 4.74 Å². The van der Waals surface area contributed by atoms with Crippen LogP contribution in [0.2, 0.25) is 0 Å². The van der Waals surface area contributed by atoms with Crippen molar-refractivity contribution >= 4 is 17.4 Å². The van der Waals surface area contributed by atoms with E-state index in [-0.39, 0.29) is 23.6 Å². The molecule has 0 radical (unpaired) electrons. The molecule has 6 nitrogen and oxygen atoms in total. The number of carbonyl (C=O) groups excluding carboxylic acids is 2. The van der Waals surface area contributed by atoms with E-state index in [2.05, 4.69) is 0 Å². The average molecular weight is 263 g/mol. The number of fused-ring (bicyclic) bond motifs is 1. The molecule has 1 atom stereocenters. The van der Waals surface area contributed by atoms with E-state index in [1.54, 1.807) is 0 Å². The highest BCUT2D eigenvalue weighted by molar-refractivity contribution is 6.08. The molecule has 0 amide bonds. The van der Waals surface area contributed by atoms with Crippen molar-refractivity contribution in [2.45, 2.75) is 32.1 Å². The molecule has 0 bridgehead atoms. The lowest BCUT2D eigenvalue weighted by Gasteiger charge is -2.05. The minimum Gasteiger partial charge on any atom is -0.425 e. The lowest BCUT2D eigenvalue weighted by Crippen LogP contribution is -2.19. The second-order valence-corrected chi connectivity index (χ2v) is 4.40. The molecule has 0 fully saturated rings. The van der Waals surface area contributed by atoms with Crippen molar-refractivity contribution in [1.82, 2.24) is 0 Å². The molecular formula is C13H13NO5. The monoisotopic (exact) mass is 263 g/mol. The molecular weight excluding hydrogens is 250 g/mol.